The van der Waals surface area contributed by atoms with Gasteiger partial charge in [-0.25, -0.2) is 26.7 Å². The molecule has 0 atom stereocenters. The van der Waals surface area contributed by atoms with Crippen LogP contribution in [0.5, 0.6) is 0 Å². The van der Waals surface area contributed by atoms with Gasteiger partial charge in [0.2, 0.25) is 11.7 Å². The average molecular weight is 280 g/mol. The molecule has 1 heterocycles. The molecule has 0 aliphatic carbocycles. The molecule has 3 amide bonds. The SMILES string of the molecule is O=C1CCN(c2c(F)c(F)c(F)c(F)c2F)C(=O)N1. The summed E-state index contributed by atoms with van der Waals surface area (Å²) < 4.78 is 65.6. The first-order chi connectivity index (χ1) is 8.84. The molecule has 19 heavy (non-hydrogen) atoms. The Morgan fingerprint density at radius 2 is 1.32 bits per heavy atom. The van der Waals surface area contributed by atoms with Crippen molar-refractivity contribution in [2.24, 2.45) is 0 Å². The van der Waals surface area contributed by atoms with Crippen LogP contribution in [0.1, 0.15) is 6.42 Å². The molecule has 0 bridgehead atoms. The third kappa shape index (κ3) is 2.00. The maximum absolute atomic E-state index is 13.4. The lowest BCUT2D eigenvalue weighted by molar-refractivity contribution is -0.120. The number of hydrogen-bond donors (Lipinski definition) is 1. The second-order valence-corrected chi connectivity index (χ2v) is 3.67. The number of hydrogen-bond acceptors (Lipinski definition) is 2. The van der Waals surface area contributed by atoms with Crippen molar-refractivity contribution in [3.63, 3.8) is 0 Å². The number of carbonyl (C=O) groups is 2. The number of rotatable bonds is 1. The molecule has 0 unspecified atom stereocenters. The van der Waals surface area contributed by atoms with Gasteiger partial charge in [0.05, 0.1) is 0 Å². The van der Waals surface area contributed by atoms with Crippen molar-refractivity contribution < 1.29 is 31.5 Å². The quantitative estimate of drug-likeness (QED) is 0.484. The fourth-order valence-electron chi connectivity index (χ4n) is 1.61. The van der Waals surface area contributed by atoms with Crippen molar-refractivity contribution in [2.75, 3.05) is 11.4 Å². The van der Waals surface area contributed by atoms with E-state index in [1.165, 1.54) is 0 Å². The summed E-state index contributed by atoms with van der Waals surface area (Å²) in [5, 5.41) is 1.71. The van der Waals surface area contributed by atoms with Crippen molar-refractivity contribution >= 4 is 17.6 Å². The normalized spacial score (nSPS) is 15.7. The Kier molecular flexibility index (Phi) is 3.13. The lowest BCUT2D eigenvalue weighted by atomic mass is 10.2. The zero-order valence-corrected chi connectivity index (χ0v) is 9.07. The summed E-state index contributed by atoms with van der Waals surface area (Å²) >= 11 is 0. The molecule has 1 aliphatic heterocycles. The number of halogens is 5. The van der Waals surface area contributed by atoms with E-state index in [0.717, 1.165) is 0 Å². The van der Waals surface area contributed by atoms with Crippen LogP contribution in [0.3, 0.4) is 0 Å². The van der Waals surface area contributed by atoms with Crippen molar-refractivity contribution in [1.29, 1.82) is 0 Å². The highest BCUT2D eigenvalue weighted by Gasteiger charge is 2.34. The highest BCUT2D eigenvalue weighted by molar-refractivity contribution is 6.05. The zero-order valence-electron chi connectivity index (χ0n) is 9.07. The number of anilines is 1. The molecule has 0 radical (unpaired) electrons. The van der Waals surface area contributed by atoms with Crippen LogP contribution < -0.4 is 10.2 Å². The largest absolute Gasteiger partial charge is 0.328 e. The fraction of sp³-hybridized carbons (Fsp3) is 0.200. The van der Waals surface area contributed by atoms with Crippen LogP contribution in [-0.2, 0) is 4.79 Å². The van der Waals surface area contributed by atoms with Gasteiger partial charge in [-0.3, -0.25) is 15.0 Å². The molecular formula is C10H5F5N2O2. The maximum Gasteiger partial charge on any atom is 0.328 e. The van der Waals surface area contributed by atoms with E-state index in [0.29, 0.717) is 0 Å². The second kappa shape index (κ2) is 4.48. The lowest BCUT2D eigenvalue weighted by Gasteiger charge is -2.27. The third-order valence-corrected chi connectivity index (χ3v) is 2.51. The van der Waals surface area contributed by atoms with Gasteiger partial charge >= 0.3 is 6.03 Å². The van der Waals surface area contributed by atoms with Crippen LogP contribution in [-0.4, -0.2) is 18.5 Å². The van der Waals surface area contributed by atoms with Gasteiger partial charge in [0.1, 0.15) is 5.69 Å². The summed E-state index contributed by atoms with van der Waals surface area (Å²) in [4.78, 5) is 22.5. The van der Waals surface area contributed by atoms with Crippen LogP contribution in [0.15, 0.2) is 0 Å². The fourth-order valence-corrected chi connectivity index (χ4v) is 1.61. The zero-order chi connectivity index (χ0) is 14.3. The standard InChI is InChI=1S/C10H5F5N2O2/c11-4-5(12)7(14)9(8(15)6(4)13)17-2-1-3(18)16-10(17)19/h1-2H2,(H,16,18,19). The molecule has 4 nitrogen and oxygen atoms in total. The molecular weight excluding hydrogens is 275 g/mol. The monoisotopic (exact) mass is 280 g/mol. The minimum atomic E-state index is -2.31. The first-order valence-corrected chi connectivity index (χ1v) is 4.97. The van der Waals surface area contributed by atoms with Gasteiger partial charge < -0.3 is 0 Å². The van der Waals surface area contributed by atoms with E-state index in [1.807, 2.05) is 0 Å². The Morgan fingerprint density at radius 3 is 1.79 bits per heavy atom. The van der Waals surface area contributed by atoms with Gasteiger partial charge in [-0.05, 0) is 0 Å². The minimum absolute atomic E-state index is 0.289. The summed E-state index contributed by atoms with van der Waals surface area (Å²) in [6, 6.07) is -1.25. The predicted octanol–water partition coefficient (Wildman–Crippen LogP) is 1.83. The van der Waals surface area contributed by atoms with Crippen LogP contribution in [0, 0.1) is 29.1 Å². The molecule has 1 saturated heterocycles. The van der Waals surface area contributed by atoms with E-state index >= 15 is 0 Å². The van der Waals surface area contributed by atoms with E-state index < -0.39 is 53.3 Å². The number of imide groups is 1. The first kappa shape index (κ1) is 13.2. The third-order valence-electron chi connectivity index (χ3n) is 2.51. The molecule has 2 rings (SSSR count). The number of benzene rings is 1. The summed E-state index contributed by atoms with van der Waals surface area (Å²) in [5.74, 6) is -11.6. The number of carbonyl (C=O) groups excluding carboxylic acids is 2. The highest BCUT2D eigenvalue weighted by atomic mass is 19.2. The predicted molar refractivity (Wildman–Crippen MR) is 51.7 cm³/mol. The van der Waals surface area contributed by atoms with Crippen LogP contribution in [0.25, 0.3) is 0 Å². The molecule has 1 aromatic carbocycles. The Bertz CT molecular complexity index is 561. The first-order valence-electron chi connectivity index (χ1n) is 4.97. The number of urea groups is 1. The van der Waals surface area contributed by atoms with Gasteiger partial charge in [0.25, 0.3) is 0 Å². The second-order valence-electron chi connectivity index (χ2n) is 3.67. The van der Waals surface area contributed by atoms with E-state index in [1.54, 1.807) is 5.32 Å². The van der Waals surface area contributed by atoms with Crippen molar-refractivity contribution in [3.8, 4) is 0 Å². The molecule has 0 spiro atoms. The Balaban J connectivity index is 2.57. The Labute approximate surface area is 102 Å². The maximum atomic E-state index is 13.4. The number of nitrogens with zero attached hydrogens (tertiary/aromatic N) is 1. The molecule has 9 heteroatoms. The lowest BCUT2D eigenvalue weighted by Crippen LogP contribution is -2.50. The molecule has 1 aliphatic rings. The van der Waals surface area contributed by atoms with Gasteiger partial charge in [-0.15, -0.1) is 0 Å². The van der Waals surface area contributed by atoms with Crippen LogP contribution in [0.4, 0.5) is 32.4 Å². The van der Waals surface area contributed by atoms with Crippen molar-refractivity contribution in [2.45, 2.75) is 6.42 Å². The highest BCUT2D eigenvalue weighted by Crippen LogP contribution is 2.31. The topological polar surface area (TPSA) is 49.4 Å². The summed E-state index contributed by atoms with van der Waals surface area (Å²) in [6.07, 6.45) is -0.314. The van der Waals surface area contributed by atoms with Gasteiger partial charge in [-0.1, -0.05) is 0 Å². The van der Waals surface area contributed by atoms with Crippen LogP contribution >= 0.6 is 0 Å². The Hall–Kier alpha value is -2.19. The molecule has 1 N–H and O–H groups in total. The van der Waals surface area contributed by atoms with Crippen LogP contribution in [0.2, 0.25) is 0 Å². The number of nitrogens with one attached hydrogen (secondary N) is 1. The average Bonchev–Trinajstić information content (AvgIpc) is 2.37. The van der Waals surface area contributed by atoms with Crippen molar-refractivity contribution in [3.05, 3.63) is 29.1 Å². The smallest absolute Gasteiger partial charge is 0.288 e. The van der Waals surface area contributed by atoms with Crippen molar-refractivity contribution in [1.82, 2.24) is 5.32 Å². The van der Waals surface area contributed by atoms with Gasteiger partial charge in [0.15, 0.2) is 23.3 Å². The summed E-state index contributed by atoms with van der Waals surface area (Å²) in [7, 11) is 0. The van der Waals surface area contributed by atoms with E-state index in [9.17, 15) is 31.5 Å². The summed E-state index contributed by atoms with van der Waals surface area (Å²) in [5.41, 5.74) is -1.37. The molecule has 102 valence electrons. The van der Waals surface area contributed by atoms with E-state index in [2.05, 4.69) is 0 Å². The van der Waals surface area contributed by atoms with Gasteiger partial charge in [0, 0.05) is 13.0 Å². The van der Waals surface area contributed by atoms with E-state index in [4.69, 9.17) is 0 Å². The number of amides is 3. The van der Waals surface area contributed by atoms with Gasteiger partial charge in [-0.2, -0.15) is 0 Å². The van der Waals surface area contributed by atoms with E-state index in [-0.39, 0.29) is 11.3 Å². The molecule has 1 fully saturated rings. The molecule has 0 saturated carbocycles. The minimum Gasteiger partial charge on any atom is -0.288 e. The summed E-state index contributed by atoms with van der Waals surface area (Å²) in [6.45, 7) is -0.483. The Morgan fingerprint density at radius 1 is 0.842 bits per heavy atom. The molecule has 1 aromatic rings. The molecule has 0 aromatic heterocycles.